The first-order valence-electron chi connectivity index (χ1n) is 9.64. The van der Waals surface area contributed by atoms with Gasteiger partial charge in [-0.1, -0.05) is 11.6 Å². The molecule has 0 radical (unpaired) electrons. The van der Waals surface area contributed by atoms with Crippen molar-refractivity contribution in [3.8, 4) is 5.75 Å². The highest BCUT2D eigenvalue weighted by Crippen LogP contribution is 2.33. The van der Waals surface area contributed by atoms with Crippen molar-refractivity contribution >= 4 is 29.1 Å². The van der Waals surface area contributed by atoms with Gasteiger partial charge in [-0.3, -0.25) is 9.59 Å². The predicted molar refractivity (Wildman–Crippen MR) is 110 cm³/mol. The molecular weight excluding hydrogens is 435 g/mol. The van der Waals surface area contributed by atoms with Gasteiger partial charge in [0.15, 0.2) is 12.4 Å². The maximum atomic E-state index is 12.8. The van der Waals surface area contributed by atoms with E-state index < -0.39 is 11.7 Å². The Labute approximate surface area is 182 Å². The number of ketones is 1. The number of ether oxygens (including phenoxy) is 1. The fourth-order valence-electron chi connectivity index (χ4n) is 3.22. The highest BCUT2D eigenvalue weighted by molar-refractivity contribution is 6.33. The van der Waals surface area contributed by atoms with Crippen LogP contribution in [0, 0.1) is 0 Å². The maximum absolute atomic E-state index is 12.8. The summed E-state index contributed by atoms with van der Waals surface area (Å²) in [4.78, 5) is 31.1. The monoisotopic (exact) mass is 455 g/mol. The van der Waals surface area contributed by atoms with Gasteiger partial charge in [0.05, 0.1) is 10.6 Å². The molecule has 2 heterocycles. The molecule has 0 N–H and O–H groups in total. The molecule has 6 nitrogen and oxygen atoms in total. The van der Waals surface area contributed by atoms with Crippen LogP contribution >= 0.6 is 11.6 Å². The Hall–Kier alpha value is -2.81. The van der Waals surface area contributed by atoms with Crippen molar-refractivity contribution in [3.05, 3.63) is 52.7 Å². The zero-order chi connectivity index (χ0) is 22.6. The fraction of sp³-hybridized carbons (Fsp3) is 0.381. The number of amides is 1. The molecule has 0 unspecified atom stereocenters. The quantitative estimate of drug-likeness (QED) is 0.636. The van der Waals surface area contributed by atoms with Crippen molar-refractivity contribution in [2.45, 2.75) is 19.5 Å². The number of aromatic nitrogens is 1. The van der Waals surface area contributed by atoms with Crippen LogP contribution in [-0.2, 0) is 11.0 Å². The standard InChI is InChI=1S/C21H21ClF3N3O3/c1-14(29)15-3-5-17(6-4-15)31-13-19(30)27-7-2-8-28(10-9-27)20-18(22)11-16(12-26-20)21(23,24)25/h3-6,11-12H,2,7-10,13H2,1H3. The number of benzene rings is 1. The first kappa shape index (κ1) is 22.9. The number of carbonyl (C=O) groups is 2. The lowest BCUT2D eigenvalue weighted by Gasteiger charge is -2.24. The molecule has 1 aliphatic rings. The number of alkyl halides is 3. The maximum Gasteiger partial charge on any atom is 0.417 e. The van der Waals surface area contributed by atoms with Crippen LogP contribution in [-0.4, -0.2) is 54.4 Å². The van der Waals surface area contributed by atoms with Gasteiger partial charge in [-0.15, -0.1) is 0 Å². The second-order valence-electron chi connectivity index (χ2n) is 7.12. The molecule has 1 amide bonds. The number of hydrogen-bond donors (Lipinski definition) is 0. The number of carbonyl (C=O) groups excluding carboxylic acids is 2. The predicted octanol–water partition coefficient (Wildman–Crippen LogP) is 4.07. The Balaban J connectivity index is 1.57. The van der Waals surface area contributed by atoms with E-state index in [-0.39, 0.29) is 29.1 Å². The van der Waals surface area contributed by atoms with Gasteiger partial charge in [-0.2, -0.15) is 13.2 Å². The molecule has 31 heavy (non-hydrogen) atoms. The Morgan fingerprint density at radius 3 is 2.45 bits per heavy atom. The summed E-state index contributed by atoms with van der Waals surface area (Å²) in [5.74, 6) is 0.490. The summed E-state index contributed by atoms with van der Waals surface area (Å²) in [6.07, 6.45) is -3.14. The van der Waals surface area contributed by atoms with E-state index in [0.717, 1.165) is 12.3 Å². The molecule has 10 heteroatoms. The molecule has 0 spiro atoms. The molecule has 2 aromatic rings. The van der Waals surface area contributed by atoms with Gasteiger partial charge in [0.25, 0.3) is 5.91 Å². The van der Waals surface area contributed by atoms with E-state index in [0.29, 0.717) is 43.9 Å². The van der Waals surface area contributed by atoms with Crippen LogP contribution in [0.2, 0.25) is 5.02 Å². The number of pyridine rings is 1. The van der Waals surface area contributed by atoms with Crippen LogP contribution in [0.4, 0.5) is 19.0 Å². The summed E-state index contributed by atoms with van der Waals surface area (Å²) in [6.45, 7) is 3.06. The number of rotatable bonds is 5. The van der Waals surface area contributed by atoms with Crippen LogP contribution in [0.3, 0.4) is 0 Å². The topological polar surface area (TPSA) is 62.7 Å². The van der Waals surface area contributed by atoms with Crippen molar-refractivity contribution < 1.29 is 27.5 Å². The summed E-state index contributed by atoms with van der Waals surface area (Å²) in [5.41, 5.74) is -0.344. The van der Waals surface area contributed by atoms with Crippen molar-refractivity contribution in [2.24, 2.45) is 0 Å². The highest BCUT2D eigenvalue weighted by Gasteiger charge is 2.32. The highest BCUT2D eigenvalue weighted by atomic mass is 35.5. The molecule has 0 bridgehead atoms. The molecule has 1 saturated heterocycles. The van der Waals surface area contributed by atoms with Crippen LogP contribution in [0.25, 0.3) is 0 Å². The van der Waals surface area contributed by atoms with E-state index in [1.54, 1.807) is 34.1 Å². The lowest BCUT2D eigenvalue weighted by atomic mass is 10.1. The Bertz CT molecular complexity index is 951. The lowest BCUT2D eigenvalue weighted by molar-refractivity contribution is -0.137. The molecular formula is C21H21ClF3N3O3. The van der Waals surface area contributed by atoms with E-state index in [1.807, 2.05) is 0 Å². The zero-order valence-corrected chi connectivity index (χ0v) is 17.5. The Kier molecular flexibility index (Phi) is 7.04. The van der Waals surface area contributed by atoms with E-state index in [9.17, 15) is 22.8 Å². The van der Waals surface area contributed by atoms with Crippen molar-refractivity contribution in [1.29, 1.82) is 0 Å². The van der Waals surface area contributed by atoms with Gasteiger partial charge in [-0.05, 0) is 43.7 Å². The molecule has 1 aromatic carbocycles. The second-order valence-corrected chi connectivity index (χ2v) is 7.53. The molecule has 0 atom stereocenters. The molecule has 1 aromatic heterocycles. The number of halogens is 4. The Morgan fingerprint density at radius 1 is 1.13 bits per heavy atom. The minimum atomic E-state index is -4.51. The number of anilines is 1. The normalized spacial score (nSPS) is 14.9. The van der Waals surface area contributed by atoms with Crippen molar-refractivity contribution in [1.82, 2.24) is 9.88 Å². The molecule has 1 aliphatic heterocycles. The summed E-state index contributed by atoms with van der Waals surface area (Å²) >= 11 is 6.04. The van der Waals surface area contributed by atoms with E-state index in [4.69, 9.17) is 16.3 Å². The SMILES string of the molecule is CC(=O)c1ccc(OCC(=O)N2CCCN(c3ncc(C(F)(F)F)cc3Cl)CC2)cc1. The number of hydrogen-bond acceptors (Lipinski definition) is 5. The average molecular weight is 456 g/mol. The van der Waals surface area contributed by atoms with Gasteiger partial charge >= 0.3 is 6.18 Å². The Morgan fingerprint density at radius 2 is 1.84 bits per heavy atom. The van der Waals surface area contributed by atoms with Gasteiger partial charge in [-0.25, -0.2) is 4.98 Å². The van der Waals surface area contributed by atoms with E-state index in [1.165, 1.54) is 6.92 Å². The van der Waals surface area contributed by atoms with E-state index in [2.05, 4.69) is 4.98 Å². The number of Topliss-reactive ketones (excluding diaryl/α,β-unsaturated/α-hetero) is 1. The third-order valence-corrected chi connectivity index (χ3v) is 5.20. The fourth-order valence-corrected chi connectivity index (χ4v) is 3.51. The smallest absolute Gasteiger partial charge is 0.417 e. The molecule has 1 fully saturated rings. The zero-order valence-electron chi connectivity index (χ0n) is 16.8. The van der Waals surface area contributed by atoms with Gasteiger partial charge in [0, 0.05) is 37.9 Å². The first-order valence-corrected chi connectivity index (χ1v) is 10.0. The van der Waals surface area contributed by atoms with Crippen LogP contribution in [0.15, 0.2) is 36.5 Å². The van der Waals surface area contributed by atoms with Gasteiger partial charge in [0.1, 0.15) is 11.6 Å². The summed E-state index contributed by atoms with van der Waals surface area (Å²) in [7, 11) is 0. The van der Waals surface area contributed by atoms with Crippen LogP contribution in [0.5, 0.6) is 5.75 Å². The largest absolute Gasteiger partial charge is 0.484 e. The van der Waals surface area contributed by atoms with Crippen molar-refractivity contribution in [2.75, 3.05) is 37.7 Å². The third kappa shape index (κ3) is 5.88. The van der Waals surface area contributed by atoms with Gasteiger partial charge < -0.3 is 14.5 Å². The minimum absolute atomic E-state index is 0.0561. The summed E-state index contributed by atoms with van der Waals surface area (Å²) in [5, 5.41) is -0.0769. The minimum Gasteiger partial charge on any atom is -0.484 e. The lowest BCUT2D eigenvalue weighted by Crippen LogP contribution is -2.38. The third-order valence-electron chi connectivity index (χ3n) is 4.92. The second kappa shape index (κ2) is 9.55. The molecule has 0 aliphatic carbocycles. The summed E-state index contributed by atoms with van der Waals surface area (Å²) < 4.78 is 44.0. The molecule has 166 valence electrons. The van der Waals surface area contributed by atoms with E-state index >= 15 is 0 Å². The van der Waals surface area contributed by atoms with Crippen LogP contribution in [0.1, 0.15) is 29.3 Å². The first-order chi connectivity index (χ1) is 14.6. The number of nitrogens with zero attached hydrogens (tertiary/aromatic N) is 3. The average Bonchev–Trinajstić information content (AvgIpc) is 2.98. The summed E-state index contributed by atoms with van der Waals surface area (Å²) in [6, 6.07) is 7.39. The van der Waals surface area contributed by atoms with Crippen molar-refractivity contribution in [3.63, 3.8) is 0 Å². The molecule has 0 saturated carbocycles. The molecule has 3 rings (SSSR count). The van der Waals surface area contributed by atoms with Crippen LogP contribution < -0.4 is 9.64 Å². The van der Waals surface area contributed by atoms with Gasteiger partial charge in [0.2, 0.25) is 0 Å².